The van der Waals surface area contributed by atoms with Gasteiger partial charge in [0.05, 0.1) is 32.1 Å². The number of halogens is 3. The first-order valence-electron chi connectivity index (χ1n) is 24.3. The van der Waals surface area contributed by atoms with E-state index in [1.54, 1.807) is 0 Å². The van der Waals surface area contributed by atoms with Gasteiger partial charge in [-0.2, -0.15) is 0 Å². The van der Waals surface area contributed by atoms with Gasteiger partial charge in [0.15, 0.2) is 0 Å². The van der Waals surface area contributed by atoms with Crippen LogP contribution in [0, 0.1) is 53.3 Å². The Labute approximate surface area is 387 Å². The lowest BCUT2D eigenvalue weighted by Gasteiger charge is -2.61. The quantitative estimate of drug-likeness (QED) is 0.145. The Morgan fingerprint density at radius 3 is 0.746 bits per heavy atom. The normalized spacial score (nSPS) is 37.5. The molecule has 0 heterocycles. The van der Waals surface area contributed by atoms with Gasteiger partial charge in [-0.1, -0.05) is 34.8 Å². The molecule has 0 radical (unpaired) electrons. The molecule has 0 spiro atoms. The van der Waals surface area contributed by atoms with E-state index in [2.05, 4.69) is 0 Å². The molecule has 16 rings (SSSR count). The number of hydrogen-bond donors (Lipinski definition) is 3. The number of ether oxygens (including phenoxy) is 3. The maximum absolute atomic E-state index is 7.78. The fourth-order valence-corrected chi connectivity index (χ4v) is 18.3. The summed E-state index contributed by atoms with van der Waals surface area (Å²) in [6.07, 6.45) is 22.3. The maximum atomic E-state index is 7.78. The van der Waals surface area contributed by atoms with Crippen LogP contribution >= 0.6 is 34.8 Å². The van der Waals surface area contributed by atoms with Gasteiger partial charge in [-0.3, -0.25) is 0 Å². The minimum atomic E-state index is -0.133. The first-order valence-corrected chi connectivity index (χ1v) is 25.5. The molecule has 4 aromatic rings. The van der Waals surface area contributed by atoms with E-state index in [9.17, 15) is 0 Å². The van der Waals surface area contributed by atoms with Crippen LogP contribution in [0.1, 0.15) is 132 Å². The molecule has 0 amide bonds. The third kappa shape index (κ3) is 6.44. The topological polar surface area (TPSA) is 106 Å². The van der Waals surface area contributed by atoms with Crippen molar-refractivity contribution in [2.75, 3.05) is 17.2 Å². The molecule has 9 heteroatoms. The average Bonchev–Trinajstić information content (AvgIpc) is 3.20. The van der Waals surface area contributed by atoms with Crippen molar-refractivity contribution in [1.29, 1.82) is 0 Å². The highest BCUT2D eigenvalue weighted by Gasteiger charge is 2.61. The third-order valence-electron chi connectivity index (χ3n) is 18.6. The Kier molecular flexibility index (Phi) is 9.04. The van der Waals surface area contributed by atoms with E-state index in [4.69, 9.17) is 66.2 Å². The summed E-state index contributed by atoms with van der Waals surface area (Å²) >= 11 is 20.7. The molecule has 0 aromatic heterocycles. The summed E-state index contributed by atoms with van der Waals surface area (Å²) in [6, 6.07) is 17.4. The Morgan fingerprint density at radius 1 is 0.349 bits per heavy atom. The summed E-state index contributed by atoms with van der Waals surface area (Å²) in [5.41, 5.74) is 24.3. The summed E-state index contributed by atoms with van der Waals surface area (Å²) in [4.78, 5) is 0. The standard InChI is InChI=1S/C54H60Cl3N3O3/c55-40-16-37(1-4-43(40)58)61-49-46(52-19-28-7-29(20-52)9-30(8-28)21-52)50(62-38-2-5-44(59)41(56)17-38)48(54-25-34-13-35(26-54)15-36(14-34)27-54)51(63-39-3-6-45(60)42(57)18-39)47(49)53-22-31-10-32(23-53)12-33(11-31)24-53/h1-6,16-18,28-36H,7-15,19-27,58-60H2. The molecule has 0 aliphatic heterocycles. The lowest BCUT2D eigenvalue weighted by Crippen LogP contribution is -2.52. The molecule has 0 atom stereocenters. The molecular formula is C54H60Cl3N3O3. The number of nitrogen functional groups attached to an aromatic ring is 3. The Hall–Kier alpha value is -3.45. The molecule has 6 nitrogen and oxygen atoms in total. The van der Waals surface area contributed by atoms with Crippen molar-refractivity contribution in [3.05, 3.63) is 86.4 Å². The Balaban J connectivity index is 1.18. The van der Waals surface area contributed by atoms with Crippen LogP contribution in [0.2, 0.25) is 15.1 Å². The molecule has 6 N–H and O–H groups in total. The molecule has 330 valence electrons. The van der Waals surface area contributed by atoms with Crippen LogP contribution in [0.5, 0.6) is 34.5 Å². The lowest BCUT2D eigenvalue weighted by atomic mass is 9.44. The van der Waals surface area contributed by atoms with Crippen molar-refractivity contribution in [3.8, 4) is 34.5 Å². The van der Waals surface area contributed by atoms with Gasteiger partial charge in [0, 0.05) is 51.1 Å². The number of rotatable bonds is 9. The number of hydrogen-bond acceptors (Lipinski definition) is 6. The number of benzene rings is 4. The maximum Gasteiger partial charge on any atom is 0.142 e. The summed E-state index contributed by atoms with van der Waals surface area (Å²) < 4.78 is 23.3. The van der Waals surface area contributed by atoms with E-state index in [0.717, 1.165) is 75.0 Å². The first kappa shape index (κ1) is 39.9. The van der Waals surface area contributed by atoms with E-state index in [1.807, 2.05) is 54.6 Å². The molecule has 12 bridgehead atoms. The van der Waals surface area contributed by atoms with Gasteiger partial charge >= 0.3 is 0 Å². The fraction of sp³-hybridized carbons (Fsp3) is 0.556. The smallest absolute Gasteiger partial charge is 0.142 e. The largest absolute Gasteiger partial charge is 0.456 e. The van der Waals surface area contributed by atoms with E-state index in [1.165, 1.54) is 74.5 Å². The van der Waals surface area contributed by atoms with Crippen LogP contribution in [0.3, 0.4) is 0 Å². The molecule has 0 saturated heterocycles. The van der Waals surface area contributed by atoms with Crippen LogP contribution in [0.25, 0.3) is 0 Å². The van der Waals surface area contributed by atoms with Crippen molar-refractivity contribution in [1.82, 2.24) is 0 Å². The van der Waals surface area contributed by atoms with E-state index in [0.29, 0.717) is 103 Å². The summed E-state index contributed by atoms with van der Waals surface area (Å²) in [5.74, 6) is 11.1. The fourth-order valence-electron chi connectivity index (χ4n) is 17.8. The molecule has 63 heavy (non-hydrogen) atoms. The van der Waals surface area contributed by atoms with Gasteiger partial charge < -0.3 is 31.4 Å². The highest BCUT2D eigenvalue weighted by Crippen LogP contribution is 2.73. The second kappa shape index (κ2) is 14.3. The van der Waals surface area contributed by atoms with Crippen LogP contribution in [0.4, 0.5) is 17.1 Å². The number of nitrogens with two attached hydrogens (primary N) is 3. The predicted molar refractivity (Wildman–Crippen MR) is 254 cm³/mol. The summed E-state index contributed by atoms with van der Waals surface area (Å²) in [6.45, 7) is 0. The second-order valence-electron chi connectivity index (χ2n) is 23.1. The molecule has 12 saturated carbocycles. The van der Waals surface area contributed by atoms with Gasteiger partial charge in [0.25, 0.3) is 0 Å². The highest BCUT2D eigenvalue weighted by molar-refractivity contribution is 6.33. The lowest BCUT2D eigenvalue weighted by molar-refractivity contribution is -0.0152. The van der Waals surface area contributed by atoms with Gasteiger partial charge in [-0.05, 0) is 205 Å². The zero-order valence-corrected chi connectivity index (χ0v) is 38.5. The molecule has 12 aliphatic carbocycles. The molecular weight excluding hydrogens is 845 g/mol. The van der Waals surface area contributed by atoms with Gasteiger partial charge in [-0.15, -0.1) is 0 Å². The SMILES string of the molecule is Nc1ccc(Oc2c(C34CC5CC(CC(C5)C3)C4)c(Oc3ccc(N)c(Cl)c3)c(C34CC5CC(CC(C5)C3)C4)c(Oc3ccc(N)c(Cl)c3)c2C23CC4CC(CC(C4)C2)C3)cc1Cl. The van der Waals surface area contributed by atoms with Crippen LogP contribution in [0.15, 0.2) is 54.6 Å². The van der Waals surface area contributed by atoms with Crippen LogP contribution in [-0.4, -0.2) is 0 Å². The van der Waals surface area contributed by atoms with Crippen molar-refractivity contribution >= 4 is 51.9 Å². The molecule has 12 aliphatic rings. The second-order valence-corrected chi connectivity index (χ2v) is 24.3. The van der Waals surface area contributed by atoms with Crippen molar-refractivity contribution in [2.24, 2.45) is 53.3 Å². The van der Waals surface area contributed by atoms with E-state index < -0.39 is 0 Å². The van der Waals surface area contributed by atoms with Gasteiger partial charge in [0.1, 0.15) is 34.5 Å². The monoisotopic (exact) mass is 903 g/mol. The summed E-state index contributed by atoms with van der Waals surface area (Å²) in [5, 5.41) is 1.48. The predicted octanol–water partition coefficient (Wildman–Crippen LogP) is 15.2. The van der Waals surface area contributed by atoms with Crippen LogP contribution in [-0.2, 0) is 16.2 Å². The van der Waals surface area contributed by atoms with Crippen molar-refractivity contribution in [2.45, 2.75) is 132 Å². The van der Waals surface area contributed by atoms with Gasteiger partial charge in [-0.25, -0.2) is 0 Å². The Morgan fingerprint density at radius 2 is 0.556 bits per heavy atom. The van der Waals surface area contributed by atoms with Crippen molar-refractivity contribution < 1.29 is 14.2 Å². The summed E-state index contributed by atoms with van der Waals surface area (Å²) in [7, 11) is 0. The number of anilines is 3. The minimum Gasteiger partial charge on any atom is -0.456 e. The highest BCUT2D eigenvalue weighted by atomic mass is 35.5. The van der Waals surface area contributed by atoms with Crippen molar-refractivity contribution in [3.63, 3.8) is 0 Å². The average molecular weight is 905 g/mol. The molecule has 12 fully saturated rings. The zero-order valence-electron chi connectivity index (χ0n) is 36.2. The zero-order chi connectivity index (χ0) is 42.6. The van der Waals surface area contributed by atoms with Crippen LogP contribution < -0.4 is 31.4 Å². The minimum absolute atomic E-state index is 0.133. The van der Waals surface area contributed by atoms with Gasteiger partial charge in [0.2, 0.25) is 0 Å². The van der Waals surface area contributed by atoms with E-state index >= 15 is 0 Å². The van der Waals surface area contributed by atoms with E-state index in [-0.39, 0.29) is 16.2 Å². The first-order chi connectivity index (χ1) is 30.4. The third-order valence-corrected chi connectivity index (χ3v) is 19.6. The Bertz CT molecular complexity index is 2150. The molecule has 4 aromatic carbocycles. The molecule has 0 unspecified atom stereocenters.